The fourth-order valence-electron chi connectivity index (χ4n) is 1.98. The van der Waals surface area contributed by atoms with E-state index in [1.807, 2.05) is 18.2 Å². The molecule has 0 bridgehead atoms. The molecular weight excluding hydrogens is 322 g/mol. The standard InChI is InChI=1S/C12H16ClNO.C4H4O4/c1-8(2)14-7-11-6-9-5-10(13)3-4-12(9)15-11;5-3(6)1-2-4(7)8/h3-5,8,11,14H,6-7H2,1-2H3;1-2H,(H,5,6)(H,7,8)/b;2-1-. The highest BCUT2D eigenvalue weighted by Gasteiger charge is 2.24. The van der Waals surface area contributed by atoms with E-state index in [1.165, 1.54) is 5.56 Å². The molecule has 1 unspecified atom stereocenters. The third-order valence-corrected chi connectivity index (χ3v) is 3.23. The number of carboxylic acids is 2. The average molecular weight is 342 g/mol. The van der Waals surface area contributed by atoms with Crippen LogP contribution in [-0.4, -0.2) is 35.7 Å². The van der Waals surface area contributed by atoms with E-state index in [0.717, 1.165) is 23.7 Å². The summed E-state index contributed by atoms with van der Waals surface area (Å²) in [7, 11) is 0. The SMILES string of the molecule is CC(C)[NH2+]CC1Cc2cc(Cl)ccc2O1.O=C([O-])/C=C\C(=O)O. The summed E-state index contributed by atoms with van der Waals surface area (Å²) in [5.74, 6) is -1.80. The monoisotopic (exact) mass is 341 g/mol. The number of nitrogens with two attached hydrogens (primary N) is 1. The zero-order chi connectivity index (χ0) is 17.4. The number of hydrogen-bond acceptors (Lipinski definition) is 4. The summed E-state index contributed by atoms with van der Waals surface area (Å²) >= 11 is 5.94. The summed E-state index contributed by atoms with van der Waals surface area (Å²) in [6.45, 7) is 5.40. The van der Waals surface area contributed by atoms with E-state index in [2.05, 4.69) is 19.2 Å². The molecule has 1 aromatic carbocycles. The van der Waals surface area contributed by atoms with Gasteiger partial charge in [-0.25, -0.2) is 4.79 Å². The van der Waals surface area contributed by atoms with Gasteiger partial charge in [-0.2, -0.15) is 0 Å². The van der Waals surface area contributed by atoms with Crippen molar-refractivity contribution >= 4 is 23.5 Å². The minimum atomic E-state index is -1.51. The Balaban J connectivity index is 0.000000284. The molecular formula is C16H20ClNO5. The predicted molar refractivity (Wildman–Crippen MR) is 83.3 cm³/mol. The second-order valence-electron chi connectivity index (χ2n) is 5.40. The van der Waals surface area contributed by atoms with Crippen LogP contribution in [0.5, 0.6) is 5.75 Å². The van der Waals surface area contributed by atoms with Crippen molar-refractivity contribution in [2.75, 3.05) is 6.54 Å². The van der Waals surface area contributed by atoms with E-state index < -0.39 is 11.9 Å². The lowest BCUT2D eigenvalue weighted by atomic mass is 10.1. The van der Waals surface area contributed by atoms with Crippen molar-refractivity contribution in [3.63, 3.8) is 0 Å². The molecule has 0 saturated carbocycles. The highest BCUT2D eigenvalue weighted by atomic mass is 35.5. The van der Waals surface area contributed by atoms with Crippen LogP contribution in [0.25, 0.3) is 0 Å². The van der Waals surface area contributed by atoms with Crippen molar-refractivity contribution in [1.29, 1.82) is 0 Å². The largest absolute Gasteiger partial charge is 0.545 e. The van der Waals surface area contributed by atoms with Crippen LogP contribution in [0, 0.1) is 0 Å². The van der Waals surface area contributed by atoms with E-state index in [9.17, 15) is 14.7 Å². The quantitative estimate of drug-likeness (QED) is 0.733. The summed E-state index contributed by atoms with van der Waals surface area (Å²) in [6, 6.07) is 6.48. The number of benzene rings is 1. The molecule has 3 N–H and O–H groups in total. The molecule has 6 nitrogen and oxygen atoms in total. The molecule has 7 heteroatoms. The molecule has 1 aromatic rings. The lowest BCUT2D eigenvalue weighted by Gasteiger charge is -2.10. The minimum Gasteiger partial charge on any atom is -0.545 e. The van der Waals surface area contributed by atoms with Crippen molar-refractivity contribution < 1.29 is 29.9 Å². The van der Waals surface area contributed by atoms with E-state index in [1.54, 1.807) is 0 Å². The zero-order valence-electron chi connectivity index (χ0n) is 13.0. The van der Waals surface area contributed by atoms with Crippen LogP contribution in [0.15, 0.2) is 30.4 Å². The highest BCUT2D eigenvalue weighted by Crippen LogP contribution is 2.30. The van der Waals surface area contributed by atoms with Gasteiger partial charge in [0.15, 0.2) is 6.10 Å². The van der Waals surface area contributed by atoms with Gasteiger partial charge in [0.2, 0.25) is 0 Å². The lowest BCUT2D eigenvalue weighted by Crippen LogP contribution is -2.90. The number of rotatable bonds is 5. The Labute approximate surface area is 139 Å². The second kappa shape index (κ2) is 9.17. The Bertz CT molecular complexity index is 570. The number of hydrogen-bond donors (Lipinski definition) is 2. The normalized spacial score (nSPS) is 15.7. The number of fused-ring (bicyclic) bond motifs is 1. The van der Waals surface area contributed by atoms with E-state index in [4.69, 9.17) is 21.4 Å². The number of carboxylic acid groups (broad SMARTS) is 2. The van der Waals surface area contributed by atoms with Gasteiger partial charge >= 0.3 is 5.97 Å². The van der Waals surface area contributed by atoms with Crippen molar-refractivity contribution in [1.82, 2.24) is 0 Å². The summed E-state index contributed by atoms with van der Waals surface area (Å²) in [5, 5.41) is 20.3. The zero-order valence-corrected chi connectivity index (χ0v) is 13.7. The summed E-state index contributed by atoms with van der Waals surface area (Å²) < 4.78 is 5.82. The number of carbonyl (C=O) groups excluding carboxylic acids is 1. The topological polar surface area (TPSA) is 103 Å². The number of halogens is 1. The summed E-state index contributed by atoms with van der Waals surface area (Å²) in [6.07, 6.45) is 2.23. The van der Waals surface area contributed by atoms with Crippen LogP contribution < -0.4 is 15.2 Å². The van der Waals surface area contributed by atoms with Crippen LogP contribution in [0.1, 0.15) is 19.4 Å². The Morgan fingerprint density at radius 2 is 2.17 bits per heavy atom. The van der Waals surface area contributed by atoms with Crippen molar-refractivity contribution in [2.45, 2.75) is 32.4 Å². The van der Waals surface area contributed by atoms with Crippen LogP contribution in [-0.2, 0) is 16.0 Å². The summed E-state index contributed by atoms with van der Waals surface area (Å²) in [5.41, 5.74) is 1.24. The van der Waals surface area contributed by atoms with Crippen LogP contribution in [0.2, 0.25) is 5.02 Å². The van der Waals surface area contributed by atoms with Crippen molar-refractivity contribution in [2.24, 2.45) is 0 Å². The first kappa shape index (κ1) is 19.0. The van der Waals surface area contributed by atoms with Gasteiger partial charge in [0, 0.05) is 17.5 Å². The first-order valence-electron chi connectivity index (χ1n) is 7.18. The van der Waals surface area contributed by atoms with E-state index >= 15 is 0 Å². The second-order valence-corrected chi connectivity index (χ2v) is 5.84. The van der Waals surface area contributed by atoms with Crippen LogP contribution >= 0.6 is 11.6 Å². The summed E-state index contributed by atoms with van der Waals surface area (Å²) in [4.78, 5) is 19.0. The lowest BCUT2D eigenvalue weighted by molar-refractivity contribution is -0.687. The number of ether oxygens (including phenoxy) is 1. The predicted octanol–water partition coefficient (Wildman–Crippen LogP) is -0.00760. The van der Waals surface area contributed by atoms with Gasteiger partial charge in [-0.3, -0.25) is 0 Å². The number of carbonyl (C=O) groups is 2. The first-order valence-corrected chi connectivity index (χ1v) is 7.56. The highest BCUT2D eigenvalue weighted by molar-refractivity contribution is 6.30. The number of aliphatic carboxylic acids is 2. The maximum atomic E-state index is 9.53. The van der Waals surface area contributed by atoms with Gasteiger partial charge in [-0.15, -0.1) is 0 Å². The van der Waals surface area contributed by atoms with Crippen molar-refractivity contribution in [3.8, 4) is 5.75 Å². The smallest absolute Gasteiger partial charge is 0.328 e. The molecule has 1 aliphatic rings. The van der Waals surface area contributed by atoms with Gasteiger partial charge < -0.3 is 25.1 Å². The molecule has 0 spiro atoms. The Hall–Kier alpha value is -2.05. The molecule has 126 valence electrons. The molecule has 0 saturated heterocycles. The molecule has 2 rings (SSSR count). The third kappa shape index (κ3) is 7.67. The molecule has 1 atom stereocenters. The molecule has 0 amide bonds. The van der Waals surface area contributed by atoms with Gasteiger partial charge in [0.1, 0.15) is 12.3 Å². The molecule has 1 heterocycles. The molecule has 0 aliphatic carbocycles. The average Bonchev–Trinajstić information content (AvgIpc) is 2.85. The van der Waals surface area contributed by atoms with Gasteiger partial charge in [-0.1, -0.05) is 11.6 Å². The number of quaternary nitrogens is 1. The Kier molecular flexibility index (Phi) is 7.57. The molecule has 23 heavy (non-hydrogen) atoms. The fourth-order valence-corrected chi connectivity index (χ4v) is 2.18. The Morgan fingerprint density at radius 1 is 1.48 bits per heavy atom. The van der Waals surface area contributed by atoms with Crippen molar-refractivity contribution in [3.05, 3.63) is 40.9 Å². The molecule has 1 aliphatic heterocycles. The third-order valence-electron chi connectivity index (χ3n) is 3.00. The van der Waals surface area contributed by atoms with E-state index in [-0.39, 0.29) is 0 Å². The Morgan fingerprint density at radius 3 is 2.70 bits per heavy atom. The van der Waals surface area contributed by atoms with Gasteiger partial charge in [-0.05, 0) is 43.7 Å². The van der Waals surface area contributed by atoms with Crippen LogP contribution in [0.4, 0.5) is 0 Å². The maximum Gasteiger partial charge on any atom is 0.328 e. The maximum absolute atomic E-state index is 9.53. The molecule has 0 fully saturated rings. The molecule has 0 radical (unpaired) electrons. The fraction of sp³-hybridized carbons (Fsp3) is 0.375. The minimum absolute atomic E-state index is 0.306. The first-order chi connectivity index (χ1) is 10.8. The van der Waals surface area contributed by atoms with Gasteiger partial charge in [0.25, 0.3) is 0 Å². The van der Waals surface area contributed by atoms with E-state index in [0.29, 0.717) is 24.3 Å². The molecule has 0 aromatic heterocycles. The van der Waals surface area contributed by atoms with Gasteiger partial charge in [0.05, 0.1) is 12.0 Å². The van der Waals surface area contributed by atoms with Crippen LogP contribution in [0.3, 0.4) is 0 Å².